The smallest absolute Gasteiger partial charge is 0.268 e. The predicted molar refractivity (Wildman–Crippen MR) is 124 cm³/mol. The third-order valence-corrected chi connectivity index (χ3v) is 5.41. The molecular formula is C26H25FN2O4. The highest BCUT2D eigenvalue weighted by Gasteiger charge is 2.31. The monoisotopic (exact) mass is 448 g/mol. The third kappa shape index (κ3) is 5.14. The topological polar surface area (TPSA) is 67.9 Å². The maximum Gasteiger partial charge on any atom is 0.268 e. The number of hydrogen-bond acceptors (Lipinski definition) is 4. The Hall–Kier alpha value is -3.87. The van der Waals surface area contributed by atoms with Crippen LogP contribution in [0.2, 0.25) is 0 Å². The predicted octanol–water partition coefficient (Wildman–Crippen LogP) is 4.77. The Bertz CT molecular complexity index is 1190. The molecule has 2 amide bonds. The van der Waals surface area contributed by atoms with Crippen LogP contribution in [0.4, 0.5) is 15.8 Å². The highest BCUT2D eigenvalue weighted by Crippen LogP contribution is 2.37. The Balaban J connectivity index is 1.50. The van der Waals surface area contributed by atoms with Crippen molar-refractivity contribution in [2.75, 3.05) is 16.8 Å². The van der Waals surface area contributed by atoms with E-state index in [0.717, 1.165) is 16.7 Å². The van der Waals surface area contributed by atoms with Gasteiger partial charge in [0.2, 0.25) is 0 Å². The number of aryl methyl sites for hydroxylation is 2. The van der Waals surface area contributed by atoms with Gasteiger partial charge >= 0.3 is 0 Å². The summed E-state index contributed by atoms with van der Waals surface area (Å²) in [6, 6.07) is 16.9. The lowest BCUT2D eigenvalue weighted by molar-refractivity contribution is -0.125. The average Bonchev–Trinajstić information content (AvgIpc) is 2.79. The molecule has 0 saturated carbocycles. The molecule has 1 N–H and O–H groups in total. The van der Waals surface area contributed by atoms with Crippen LogP contribution in [0.1, 0.15) is 23.6 Å². The second-order valence-corrected chi connectivity index (χ2v) is 8.10. The zero-order valence-corrected chi connectivity index (χ0v) is 18.7. The summed E-state index contributed by atoms with van der Waals surface area (Å²) in [6.45, 7) is 5.68. The Morgan fingerprint density at radius 3 is 2.61 bits per heavy atom. The number of fused-ring (bicyclic) bond motifs is 1. The summed E-state index contributed by atoms with van der Waals surface area (Å²) in [6.07, 6.45) is -0.649. The minimum absolute atomic E-state index is 0.146. The van der Waals surface area contributed by atoms with Crippen LogP contribution in [0.5, 0.6) is 11.5 Å². The molecule has 0 aromatic heterocycles. The van der Waals surface area contributed by atoms with Gasteiger partial charge in [-0.1, -0.05) is 24.3 Å². The number of carbonyl (C=O) groups is 2. The minimum Gasteiger partial charge on any atom is -0.483 e. The second-order valence-electron chi connectivity index (χ2n) is 8.10. The molecule has 0 spiro atoms. The van der Waals surface area contributed by atoms with E-state index in [0.29, 0.717) is 22.9 Å². The maximum absolute atomic E-state index is 13.3. The van der Waals surface area contributed by atoms with Crippen LogP contribution in [0.15, 0.2) is 60.7 Å². The molecule has 1 heterocycles. The van der Waals surface area contributed by atoms with Crippen molar-refractivity contribution < 1.29 is 23.5 Å². The lowest BCUT2D eigenvalue weighted by Crippen LogP contribution is -2.44. The molecule has 3 aromatic rings. The van der Waals surface area contributed by atoms with Gasteiger partial charge in [-0.05, 0) is 73.9 Å². The molecule has 0 bridgehead atoms. The number of nitrogens with zero attached hydrogens (tertiary/aromatic N) is 1. The van der Waals surface area contributed by atoms with Crippen LogP contribution in [0.25, 0.3) is 0 Å². The SMILES string of the molecule is Cc1ccc(C)c(OCC(=O)Nc2ccc3c(c2)N(Cc2ccc(F)cc2)C(=O)C(C)O3)c1. The van der Waals surface area contributed by atoms with Gasteiger partial charge in [0.05, 0.1) is 12.2 Å². The first-order chi connectivity index (χ1) is 15.8. The molecule has 0 aliphatic carbocycles. The normalized spacial score (nSPS) is 15.0. The first kappa shape index (κ1) is 22.3. The standard InChI is InChI=1S/C26H25FN2O4/c1-16-4-5-17(2)24(12-16)32-15-25(30)28-21-10-11-23-22(13-21)29(26(31)18(3)33-23)14-19-6-8-20(27)9-7-19/h4-13,18H,14-15H2,1-3H3,(H,28,30). The lowest BCUT2D eigenvalue weighted by atomic mass is 10.1. The van der Waals surface area contributed by atoms with Gasteiger partial charge in [0.1, 0.15) is 17.3 Å². The summed E-state index contributed by atoms with van der Waals surface area (Å²) in [4.78, 5) is 26.9. The van der Waals surface area contributed by atoms with E-state index < -0.39 is 6.10 Å². The van der Waals surface area contributed by atoms with Gasteiger partial charge in [0.25, 0.3) is 11.8 Å². The number of anilines is 2. The summed E-state index contributed by atoms with van der Waals surface area (Å²) in [5.41, 5.74) is 3.82. The molecule has 0 radical (unpaired) electrons. The van der Waals surface area contributed by atoms with E-state index in [1.54, 1.807) is 42.2 Å². The van der Waals surface area contributed by atoms with Crippen LogP contribution in [0, 0.1) is 19.7 Å². The fourth-order valence-corrected chi connectivity index (χ4v) is 3.62. The maximum atomic E-state index is 13.3. The number of benzene rings is 3. The van der Waals surface area contributed by atoms with Crippen molar-refractivity contribution in [1.82, 2.24) is 0 Å². The van der Waals surface area contributed by atoms with E-state index in [-0.39, 0.29) is 30.8 Å². The molecule has 0 saturated heterocycles. The van der Waals surface area contributed by atoms with Crippen molar-refractivity contribution >= 4 is 23.2 Å². The summed E-state index contributed by atoms with van der Waals surface area (Å²) >= 11 is 0. The number of carbonyl (C=O) groups excluding carboxylic acids is 2. The molecular weight excluding hydrogens is 423 g/mol. The highest BCUT2D eigenvalue weighted by molar-refractivity contribution is 6.01. The molecule has 33 heavy (non-hydrogen) atoms. The van der Waals surface area contributed by atoms with Crippen LogP contribution in [-0.2, 0) is 16.1 Å². The molecule has 1 aliphatic rings. The van der Waals surface area contributed by atoms with E-state index >= 15 is 0 Å². The number of halogens is 1. The number of rotatable bonds is 6. The lowest BCUT2D eigenvalue weighted by Gasteiger charge is -2.33. The zero-order chi connectivity index (χ0) is 23.5. The molecule has 1 unspecified atom stereocenters. The summed E-state index contributed by atoms with van der Waals surface area (Å²) in [7, 11) is 0. The number of nitrogens with one attached hydrogen (secondary N) is 1. The fourth-order valence-electron chi connectivity index (χ4n) is 3.62. The first-order valence-corrected chi connectivity index (χ1v) is 10.7. The van der Waals surface area contributed by atoms with Crippen molar-refractivity contribution in [3.05, 3.63) is 83.2 Å². The molecule has 0 fully saturated rings. The van der Waals surface area contributed by atoms with Crippen molar-refractivity contribution in [1.29, 1.82) is 0 Å². The van der Waals surface area contributed by atoms with E-state index in [4.69, 9.17) is 9.47 Å². The van der Waals surface area contributed by atoms with Crippen molar-refractivity contribution in [3.8, 4) is 11.5 Å². The van der Waals surface area contributed by atoms with E-state index in [1.807, 2.05) is 32.0 Å². The summed E-state index contributed by atoms with van der Waals surface area (Å²) in [5, 5.41) is 2.81. The van der Waals surface area contributed by atoms with Crippen molar-refractivity contribution in [2.24, 2.45) is 0 Å². The summed E-state index contributed by atoms with van der Waals surface area (Å²) < 4.78 is 24.7. The molecule has 6 nitrogen and oxygen atoms in total. The molecule has 1 aliphatic heterocycles. The van der Waals surface area contributed by atoms with E-state index in [9.17, 15) is 14.0 Å². The number of hydrogen-bond donors (Lipinski definition) is 1. The number of amides is 2. The third-order valence-electron chi connectivity index (χ3n) is 5.41. The van der Waals surface area contributed by atoms with Gasteiger partial charge in [-0.2, -0.15) is 0 Å². The second kappa shape index (κ2) is 9.32. The van der Waals surface area contributed by atoms with Crippen LogP contribution >= 0.6 is 0 Å². The molecule has 3 aromatic carbocycles. The van der Waals surface area contributed by atoms with Gasteiger partial charge in [-0.3, -0.25) is 9.59 Å². The van der Waals surface area contributed by atoms with Gasteiger partial charge in [-0.15, -0.1) is 0 Å². The minimum atomic E-state index is -0.649. The Morgan fingerprint density at radius 2 is 1.85 bits per heavy atom. The van der Waals surface area contributed by atoms with Gasteiger partial charge in [0, 0.05) is 5.69 Å². The Kier molecular flexibility index (Phi) is 6.31. The Morgan fingerprint density at radius 1 is 1.09 bits per heavy atom. The highest BCUT2D eigenvalue weighted by atomic mass is 19.1. The quantitative estimate of drug-likeness (QED) is 0.590. The van der Waals surface area contributed by atoms with Crippen molar-refractivity contribution in [2.45, 2.75) is 33.4 Å². The van der Waals surface area contributed by atoms with Gasteiger partial charge in [0.15, 0.2) is 12.7 Å². The molecule has 1 atom stereocenters. The molecule has 170 valence electrons. The van der Waals surface area contributed by atoms with Crippen molar-refractivity contribution in [3.63, 3.8) is 0 Å². The Labute approximate surface area is 191 Å². The van der Waals surface area contributed by atoms with Crippen LogP contribution in [-0.4, -0.2) is 24.5 Å². The average molecular weight is 448 g/mol. The largest absolute Gasteiger partial charge is 0.483 e. The fraction of sp³-hybridized carbons (Fsp3) is 0.231. The first-order valence-electron chi connectivity index (χ1n) is 10.7. The zero-order valence-electron chi connectivity index (χ0n) is 18.7. The van der Waals surface area contributed by atoms with Gasteiger partial charge in [-0.25, -0.2) is 4.39 Å². The van der Waals surface area contributed by atoms with Gasteiger partial charge < -0.3 is 19.7 Å². The van der Waals surface area contributed by atoms with Crippen LogP contribution in [0.3, 0.4) is 0 Å². The van der Waals surface area contributed by atoms with E-state index in [2.05, 4.69) is 5.32 Å². The number of ether oxygens (including phenoxy) is 2. The molecule has 7 heteroatoms. The summed E-state index contributed by atoms with van der Waals surface area (Å²) in [5.74, 6) is 0.322. The van der Waals surface area contributed by atoms with E-state index in [1.165, 1.54) is 12.1 Å². The van der Waals surface area contributed by atoms with Crippen LogP contribution < -0.4 is 19.7 Å². The molecule has 4 rings (SSSR count).